The Labute approximate surface area is 117 Å². The van der Waals surface area contributed by atoms with Gasteiger partial charge in [-0.25, -0.2) is 13.1 Å². The van der Waals surface area contributed by atoms with E-state index in [0.29, 0.717) is 12.2 Å². The second kappa shape index (κ2) is 4.97. The molecule has 108 valence electrons. The number of nitrogens with zero attached hydrogens (tertiary/aromatic N) is 2. The van der Waals surface area contributed by atoms with E-state index in [1.54, 1.807) is 10.9 Å². The molecule has 1 aliphatic heterocycles. The van der Waals surface area contributed by atoms with Gasteiger partial charge in [0, 0.05) is 12.5 Å². The van der Waals surface area contributed by atoms with E-state index in [9.17, 15) is 8.42 Å². The van der Waals surface area contributed by atoms with Gasteiger partial charge in [0.1, 0.15) is 11.6 Å². The van der Waals surface area contributed by atoms with Crippen molar-refractivity contribution in [3.63, 3.8) is 0 Å². The number of anilines is 1. The van der Waals surface area contributed by atoms with Crippen LogP contribution in [-0.4, -0.2) is 29.7 Å². The zero-order valence-corrected chi connectivity index (χ0v) is 11.8. The fourth-order valence-corrected chi connectivity index (χ4v) is 4.24. The molecule has 0 saturated carbocycles. The minimum atomic E-state index is -2.93. The van der Waals surface area contributed by atoms with Gasteiger partial charge in [0.15, 0.2) is 9.84 Å². The van der Waals surface area contributed by atoms with Gasteiger partial charge in [0.05, 0.1) is 29.5 Å². The highest BCUT2D eigenvalue weighted by molar-refractivity contribution is 7.91. The number of hydrogen-bond donors (Lipinski definition) is 1. The summed E-state index contributed by atoms with van der Waals surface area (Å²) in [6, 6.07) is 5.46. The molecule has 7 heteroatoms. The molecular weight excluding hydrogens is 278 g/mol. The summed E-state index contributed by atoms with van der Waals surface area (Å²) in [4.78, 5) is 0. The van der Waals surface area contributed by atoms with Crippen LogP contribution in [0.1, 0.15) is 23.9 Å². The SMILES string of the molecule is Nc1cc(CCc2ccco2)nn1C1CCS(=O)(=O)C1. The summed E-state index contributed by atoms with van der Waals surface area (Å²) in [5, 5.41) is 4.44. The van der Waals surface area contributed by atoms with E-state index in [4.69, 9.17) is 10.2 Å². The highest BCUT2D eigenvalue weighted by atomic mass is 32.2. The first kappa shape index (κ1) is 13.2. The van der Waals surface area contributed by atoms with Gasteiger partial charge in [-0.05, 0) is 25.0 Å². The van der Waals surface area contributed by atoms with Crippen molar-refractivity contribution in [3.8, 4) is 0 Å². The standard InChI is InChI=1S/C13H17N3O3S/c14-13-8-10(3-4-12-2-1-6-19-12)15-16(13)11-5-7-20(17,18)9-11/h1-2,6,8,11H,3-5,7,9,14H2. The molecule has 3 rings (SSSR count). The van der Waals surface area contributed by atoms with Crippen molar-refractivity contribution in [1.82, 2.24) is 9.78 Å². The van der Waals surface area contributed by atoms with Crippen molar-refractivity contribution in [1.29, 1.82) is 0 Å². The quantitative estimate of drug-likeness (QED) is 0.915. The van der Waals surface area contributed by atoms with E-state index < -0.39 is 9.84 Å². The van der Waals surface area contributed by atoms with Crippen molar-refractivity contribution >= 4 is 15.7 Å². The number of hydrogen-bond acceptors (Lipinski definition) is 5. The number of aromatic nitrogens is 2. The molecular formula is C13H17N3O3S. The van der Waals surface area contributed by atoms with Crippen LogP contribution in [0.15, 0.2) is 28.9 Å². The highest BCUT2D eigenvalue weighted by Gasteiger charge is 2.30. The molecule has 1 unspecified atom stereocenters. The lowest BCUT2D eigenvalue weighted by atomic mass is 10.2. The highest BCUT2D eigenvalue weighted by Crippen LogP contribution is 2.26. The number of sulfone groups is 1. The van der Waals surface area contributed by atoms with E-state index in [-0.39, 0.29) is 17.5 Å². The normalized spacial score (nSPS) is 21.3. The fraction of sp³-hybridized carbons (Fsp3) is 0.462. The number of nitrogens with two attached hydrogens (primary N) is 1. The summed E-state index contributed by atoms with van der Waals surface area (Å²) < 4.78 is 30.0. The molecule has 0 spiro atoms. The minimum absolute atomic E-state index is 0.127. The second-order valence-electron chi connectivity index (χ2n) is 5.14. The van der Waals surface area contributed by atoms with Gasteiger partial charge in [-0.2, -0.15) is 5.10 Å². The van der Waals surface area contributed by atoms with E-state index in [1.807, 2.05) is 18.2 Å². The van der Waals surface area contributed by atoms with Gasteiger partial charge in [-0.3, -0.25) is 0 Å². The Morgan fingerprint density at radius 3 is 2.95 bits per heavy atom. The average molecular weight is 295 g/mol. The maximum Gasteiger partial charge on any atom is 0.152 e. The second-order valence-corrected chi connectivity index (χ2v) is 7.37. The Morgan fingerprint density at radius 2 is 2.30 bits per heavy atom. The molecule has 0 bridgehead atoms. The molecule has 3 heterocycles. The zero-order valence-electron chi connectivity index (χ0n) is 11.0. The predicted octanol–water partition coefficient (Wildman–Crippen LogP) is 1.20. The summed E-state index contributed by atoms with van der Waals surface area (Å²) in [5.41, 5.74) is 6.81. The summed E-state index contributed by atoms with van der Waals surface area (Å²) >= 11 is 0. The Hall–Kier alpha value is -1.76. The molecule has 0 amide bonds. The summed E-state index contributed by atoms with van der Waals surface area (Å²) in [6.45, 7) is 0. The number of furan rings is 1. The van der Waals surface area contributed by atoms with Crippen LogP contribution in [-0.2, 0) is 22.7 Å². The molecule has 2 aromatic heterocycles. The number of rotatable bonds is 4. The Bertz CT molecular complexity index is 689. The van der Waals surface area contributed by atoms with Crippen LogP contribution in [0.4, 0.5) is 5.82 Å². The Morgan fingerprint density at radius 1 is 1.45 bits per heavy atom. The zero-order chi connectivity index (χ0) is 14.2. The van der Waals surface area contributed by atoms with E-state index in [1.165, 1.54) is 0 Å². The molecule has 0 radical (unpaired) electrons. The molecule has 0 aliphatic carbocycles. The van der Waals surface area contributed by atoms with Crippen molar-refractivity contribution in [2.45, 2.75) is 25.3 Å². The maximum atomic E-state index is 11.5. The monoisotopic (exact) mass is 295 g/mol. The third kappa shape index (κ3) is 2.72. The van der Waals surface area contributed by atoms with Gasteiger partial charge < -0.3 is 10.2 Å². The molecule has 2 N–H and O–H groups in total. The molecule has 0 aromatic carbocycles. The van der Waals surface area contributed by atoms with Crippen LogP contribution in [0.5, 0.6) is 0 Å². The Balaban J connectivity index is 1.71. The first-order chi connectivity index (χ1) is 9.53. The van der Waals surface area contributed by atoms with Crippen LogP contribution >= 0.6 is 0 Å². The van der Waals surface area contributed by atoms with E-state index >= 15 is 0 Å². The molecule has 1 saturated heterocycles. The van der Waals surface area contributed by atoms with Crippen LogP contribution in [0.3, 0.4) is 0 Å². The molecule has 1 fully saturated rings. The summed E-state index contributed by atoms with van der Waals surface area (Å²) in [6.07, 6.45) is 3.72. The predicted molar refractivity (Wildman–Crippen MR) is 75.1 cm³/mol. The maximum absolute atomic E-state index is 11.5. The van der Waals surface area contributed by atoms with Gasteiger partial charge in [0.2, 0.25) is 0 Å². The van der Waals surface area contributed by atoms with Crippen molar-refractivity contribution in [2.24, 2.45) is 0 Å². The van der Waals surface area contributed by atoms with Gasteiger partial charge in [-0.1, -0.05) is 0 Å². The smallest absolute Gasteiger partial charge is 0.152 e. The lowest BCUT2D eigenvalue weighted by Crippen LogP contribution is -2.14. The van der Waals surface area contributed by atoms with Crippen molar-refractivity contribution in [2.75, 3.05) is 17.2 Å². The third-order valence-corrected chi connectivity index (χ3v) is 5.33. The van der Waals surface area contributed by atoms with Crippen LogP contribution in [0.2, 0.25) is 0 Å². The topological polar surface area (TPSA) is 91.1 Å². The van der Waals surface area contributed by atoms with Crippen LogP contribution in [0.25, 0.3) is 0 Å². The van der Waals surface area contributed by atoms with Crippen LogP contribution < -0.4 is 5.73 Å². The first-order valence-electron chi connectivity index (χ1n) is 6.60. The largest absolute Gasteiger partial charge is 0.469 e. The van der Waals surface area contributed by atoms with Crippen molar-refractivity contribution < 1.29 is 12.8 Å². The molecule has 2 aromatic rings. The van der Waals surface area contributed by atoms with E-state index in [2.05, 4.69) is 5.10 Å². The lowest BCUT2D eigenvalue weighted by molar-refractivity contribution is 0.493. The molecule has 1 aliphatic rings. The van der Waals surface area contributed by atoms with E-state index in [0.717, 1.165) is 24.3 Å². The number of nitrogen functional groups attached to an aromatic ring is 1. The van der Waals surface area contributed by atoms with Crippen molar-refractivity contribution in [3.05, 3.63) is 35.9 Å². The summed E-state index contributed by atoms with van der Waals surface area (Å²) in [5.74, 6) is 1.79. The third-order valence-electron chi connectivity index (χ3n) is 3.58. The number of aryl methyl sites for hydroxylation is 2. The molecule has 1 atom stereocenters. The molecule has 20 heavy (non-hydrogen) atoms. The van der Waals surface area contributed by atoms with Gasteiger partial charge in [-0.15, -0.1) is 0 Å². The fourth-order valence-electron chi connectivity index (χ4n) is 2.55. The Kier molecular flexibility index (Phi) is 3.29. The van der Waals surface area contributed by atoms with Crippen LogP contribution in [0, 0.1) is 0 Å². The average Bonchev–Trinajstić information content (AvgIpc) is 3.07. The minimum Gasteiger partial charge on any atom is -0.469 e. The lowest BCUT2D eigenvalue weighted by Gasteiger charge is -2.09. The molecule has 6 nitrogen and oxygen atoms in total. The first-order valence-corrected chi connectivity index (χ1v) is 8.42. The van der Waals surface area contributed by atoms with Gasteiger partial charge in [0.25, 0.3) is 0 Å². The van der Waals surface area contributed by atoms with Gasteiger partial charge >= 0.3 is 0 Å². The summed E-state index contributed by atoms with van der Waals surface area (Å²) in [7, 11) is -2.93.